The van der Waals surface area contributed by atoms with E-state index in [1.165, 1.54) is 12.3 Å². The van der Waals surface area contributed by atoms with E-state index < -0.39 is 9.84 Å². The molecule has 0 bridgehead atoms. The van der Waals surface area contributed by atoms with Gasteiger partial charge in [-0.1, -0.05) is 12.1 Å². The van der Waals surface area contributed by atoms with E-state index in [-0.39, 0.29) is 18.2 Å². The van der Waals surface area contributed by atoms with Gasteiger partial charge in [0.1, 0.15) is 15.7 Å². The van der Waals surface area contributed by atoms with Gasteiger partial charge in [-0.25, -0.2) is 12.8 Å². The lowest BCUT2D eigenvalue weighted by Crippen LogP contribution is -2.38. The molecule has 1 rings (SSSR count). The SMILES string of the molecule is CN=C(NCCOCCS(C)(=O)=O)NCc1ccc(C)c(F)c1. The van der Waals surface area contributed by atoms with Crippen LogP contribution in [0.1, 0.15) is 11.1 Å². The second-order valence-electron chi connectivity index (χ2n) is 5.18. The van der Waals surface area contributed by atoms with Gasteiger partial charge in [0.25, 0.3) is 0 Å². The Kier molecular flexibility index (Phi) is 7.97. The predicted molar refractivity (Wildman–Crippen MR) is 89.9 cm³/mol. The first-order valence-corrected chi connectivity index (χ1v) is 9.33. The molecule has 0 aliphatic carbocycles. The smallest absolute Gasteiger partial charge is 0.191 e. The number of sulfone groups is 1. The van der Waals surface area contributed by atoms with Gasteiger partial charge in [0.2, 0.25) is 0 Å². The van der Waals surface area contributed by atoms with E-state index in [2.05, 4.69) is 15.6 Å². The summed E-state index contributed by atoms with van der Waals surface area (Å²) in [7, 11) is -1.36. The van der Waals surface area contributed by atoms with Crippen LogP contribution >= 0.6 is 0 Å². The molecule has 0 fully saturated rings. The normalized spacial score (nSPS) is 12.3. The molecule has 8 heteroatoms. The van der Waals surface area contributed by atoms with Crippen molar-refractivity contribution in [2.75, 3.05) is 38.8 Å². The number of halogens is 1. The molecule has 0 saturated carbocycles. The minimum atomic E-state index is -2.99. The van der Waals surface area contributed by atoms with Crippen LogP contribution in [0.3, 0.4) is 0 Å². The Morgan fingerprint density at radius 3 is 2.65 bits per heavy atom. The molecule has 0 heterocycles. The Morgan fingerprint density at radius 2 is 2.04 bits per heavy atom. The van der Waals surface area contributed by atoms with E-state index in [1.54, 1.807) is 20.0 Å². The van der Waals surface area contributed by atoms with Crippen LogP contribution in [0.2, 0.25) is 0 Å². The van der Waals surface area contributed by atoms with Crippen molar-refractivity contribution in [1.29, 1.82) is 0 Å². The van der Waals surface area contributed by atoms with E-state index in [1.807, 2.05) is 6.07 Å². The summed E-state index contributed by atoms with van der Waals surface area (Å²) in [5.74, 6) is 0.350. The first-order chi connectivity index (χ1) is 10.8. The highest BCUT2D eigenvalue weighted by atomic mass is 32.2. The van der Waals surface area contributed by atoms with Crippen molar-refractivity contribution in [3.05, 3.63) is 35.1 Å². The zero-order valence-electron chi connectivity index (χ0n) is 13.7. The Balaban J connectivity index is 2.25. The molecule has 0 aliphatic rings. The molecule has 0 unspecified atom stereocenters. The lowest BCUT2D eigenvalue weighted by atomic mass is 10.1. The zero-order chi connectivity index (χ0) is 17.3. The molecule has 6 nitrogen and oxygen atoms in total. The summed E-state index contributed by atoms with van der Waals surface area (Å²) in [6.07, 6.45) is 1.17. The first kappa shape index (κ1) is 19.4. The van der Waals surface area contributed by atoms with Crippen molar-refractivity contribution >= 4 is 15.8 Å². The molecule has 0 saturated heterocycles. The average Bonchev–Trinajstić information content (AvgIpc) is 2.48. The molecular formula is C15H24FN3O3S. The number of aliphatic imine (C=N–C) groups is 1. The molecular weight excluding hydrogens is 321 g/mol. The fraction of sp³-hybridized carbons (Fsp3) is 0.533. The number of hydrogen-bond acceptors (Lipinski definition) is 4. The maximum atomic E-state index is 13.5. The molecule has 130 valence electrons. The van der Waals surface area contributed by atoms with Crippen LogP contribution in [0.25, 0.3) is 0 Å². The number of nitrogens with zero attached hydrogens (tertiary/aromatic N) is 1. The van der Waals surface area contributed by atoms with Crippen molar-refractivity contribution < 1.29 is 17.5 Å². The summed E-state index contributed by atoms with van der Waals surface area (Å²) in [6.45, 7) is 3.21. The largest absolute Gasteiger partial charge is 0.379 e. The van der Waals surface area contributed by atoms with E-state index in [0.717, 1.165) is 5.56 Å². The van der Waals surface area contributed by atoms with Gasteiger partial charge in [-0.3, -0.25) is 4.99 Å². The summed E-state index contributed by atoms with van der Waals surface area (Å²) in [4.78, 5) is 4.05. The van der Waals surface area contributed by atoms with Crippen molar-refractivity contribution in [1.82, 2.24) is 10.6 Å². The number of benzene rings is 1. The molecule has 0 aliphatic heterocycles. The molecule has 0 radical (unpaired) electrons. The van der Waals surface area contributed by atoms with E-state index in [4.69, 9.17) is 4.74 Å². The van der Waals surface area contributed by atoms with Gasteiger partial charge in [-0.15, -0.1) is 0 Å². The summed E-state index contributed by atoms with van der Waals surface area (Å²) < 4.78 is 40.5. The summed E-state index contributed by atoms with van der Waals surface area (Å²) >= 11 is 0. The van der Waals surface area contributed by atoms with E-state index >= 15 is 0 Å². The second-order valence-corrected chi connectivity index (χ2v) is 7.44. The lowest BCUT2D eigenvalue weighted by molar-refractivity contribution is 0.154. The first-order valence-electron chi connectivity index (χ1n) is 7.27. The van der Waals surface area contributed by atoms with Crippen LogP contribution in [0.5, 0.6) is 0 Å². The minimum absolute atomic E-state index is 0.0129. The highest BCUT2D eigenvalue weighted by Crippen LogP contribution is 2.08. The molecule has 0 aromatic heterocycles. The number of hydrogen-bond donors (Lipinski definition) is 2. The quantitative estimate of drug-likeness (QED) is 0.415. The maximum Gasteiger partial charge on any atom is 0.191 e. The van der Waals surface area contributed by atoms with Crippen LogP contribution in [-0.4, -0.2) is 53.2 Å². The van der Waals surface area contributed by atoms with Crippen LogP contribution < -0.4 is 10.6 Å². The van der Waals surface area contributed by atoms with Gasteiger partial charge in [-0.05, 0) is 24.1 Å². The fourth-order valence-corrected chi connectivity index (χ4v) is 2.13. The highest BCUT2D eigenvalue weighted by molar-refractivity contribution is 7.90. The standard InChI is InChI=1S/C15H24FN3O3S/c1-12-4-5-13(10-14(12)16)11-19-15(17-2)18-6-7-22-8-9-23(3,20)21/h4-5,10H,6-9,11H2,1-3H3,(H2,17,18,19). The molecule has 0 spiro atoms. The van der Waals surface area contributed by atoms with E-state index in [0.29, 0.717) is 31.2 Å². The Morgan fingerprint density at radius 1 is 1.30 bits per heavy atom. The van der Waals surface area contributed by atoms with Gasteiger partial charge in [-0.2, -0.15) is 0 Å². The van der Waals surface area contributed by atoms with Gasteiger partial charge >= 0.3 is 0 Å². The third-order valence-corrected chi connectivity index (χ3v) is 3.97. The topological polar surface area (TPSA) is 79.8 Å². The number of nitrogens with one attached hydrogen (secondary N) is 2. The maximum absolute atomic E-state index is 13.5. The molecule has 23 heavy (non-hydrogen) atoms. The number of rotatable bonds is 8. The van der Waals surface area contributed by atoms with Gasteiger partial charge < -0.3 is 15.4 Å². The number of ether oxygens (including phenoxy) is 1. The molecule has 0 atom stereocenters. The third kappa shape index (κ3) is 8.51. The second kappa shape index (κ2) is 9.46. The number of guanidine groups is 1. The average molecular weight is 345 g/mol. The predicted octanol–water partition coefficient (Wildman–Crippen LogP) is 0.860. The zero-order valence-corrected chi connectivity index (χ0v) is 14.5. The Bertz CT molecular complexity index is 633. The molecule has 2 N–H and O–H groups in total. The van der Waals surface area contributed by atoms with Crippen LogP contribution in [0, 0.1) is 12.7 Å². The molecule has 1 aromatic carbocycles. The minimum Gasteiger partial charge on any atom is -0.379 e. The van der Waals surface area contributed by atoms with Crippen molar-refractivity contribution in [2.24, 2.45) is 4.99 Å². The van der Waals surface area contributed by atoms with Crippen LogP contribution in [0.4, 0.5) is 4.39 Å². The number of aryl methyl sites for hydroxylation is 1. The van der Waals surface area contributed by atoms with E-state index in [9.17, 15) is 12.8 Å². The van der Waals surface area contributed by atoms with Gasteiger partial charge in [0, 0.05) is 26.4 Å². The molecule has 1 aromatic rings. The highest BCUT2D eigenvalue weighted by Gasteiger charge is 2.03. The van der Waals surface area contributed by atoms with Crippen LogP contribution in [0.15, 0.2) is 23.2 Å². The van der Waals surface area contributed by atoms with Gasteiger partial charge in [0.05, 0.1) is 19.0 Å². The Hall–Kier alpha value is -1.67. The fourth-order valence-electron chi connectivity index (χ4n) is 1.71. The lowest BCUT2D eigenvalue weighted by Gasteiger charge is -2.12. The monoisotopic (exact) mass is 345 g/mol. The van der Waals surface area contributed by atoms with Crippen molar-refractivity contribution in [2.45, 2.75) is 13.5 Å². The van der Waals surface area contributed by atoms with Gasteiger partial charge in [0.15, 0.2) is 5.96 Å². The summed E-state index contributed by atoms with van der Waals surface area (Å²) in [6, 6.07) is 5.08. The molecule has 0 amide bonds. The van der Waals surface area contributed by atoms with Crippen molar-refractivity contribution in [3.63, 3.8) is 0 Å². The van der Waals surface area contributed by atoms with Crippen molar-refractivity contribution in [3.8, 4) is 0 Å². The van der Waals surface area contributed by atoms with Crippen LogP contribution in [-0.2, 0) is 21.1 Å². The third-order valence-electron chi connectivity index (χ3n) is 3.06. The summed E-state index contributed by atoms with van der Waals surface area (Å²) in [5.41, 5.74) is 1.43. The summed E-state index contributed by atoms with van der Waals surface area (Å²) in [5, 5.41) is 6.10. The Labute approximate surface area is 137 Å².